The van der Waals surface area contributed by atoms with Crippen LogP contribution in [0.1, 0.15) is 18.5 Å². The maximum Gasteiger partial charge on any atom is 0.247 e. The van der Waals surface area contributed by atoms with Crippen molar-refractivity contribution in [2.45, 2.75) is 13.0 Å². The number of halogens is 1. The second kappa shape index (κ2) is 5.04. The molecule has 15 heavy (non-hydrogen) atoms. The van der Waals surface area contributed by atoms with E-state index in [1.807, 2.05) is 13.0 Å². The fourth-order valence-corrected chi connectivity index (χ4v) is 2.12. The quantitative estimate of drug-likeness (QED) is 0.785. The van der Waals surface area contributed by atoms with E-state index in [1.54, 1.807) is 20.3 Å². The van der Waals surface area contributed by atoms with Crippen LogP contribution in [0.25, 0.3) is 4.85 Å². The topological polar surface area (TPSA) is 22.8 Å². The number of nitrogens with zero attached hydrogens (tertiary/aromatic N) is 1. The predicted molar refractivity (Wildman–Crippen MR) is 62.3 cm³/mol. The highest BCUT2D eigenvalue weighted by Gasteiger charge is 2.19. The van der Waals surface area contributed by atoms with E-state index in [9.17, 15) is 0 Å². The zero-order valence-electron chi connectivity index (χ0n) is 8.87. The van der Waals surface area contributed by atoms with Crippen molar-refractivity contribution in [2.75, 3.05) is 14.2 Å². The van der Waals surface area contributed by atoms with Crippen molar-refractivity contribution >= 4 is 15.9 Å². The highest BCUT2D eigenvalue weighted by atomic mass is 79.9. The molecule has 1 atom stereocenters. The Kier molecular flexibility index (Phi) is 3.98. The van der Waals surface area contributed by atoms with E-state index in [0.717, 1.165) is 10.0 Å². The zero-order valence-corrected chi connectivity index (χ0v) is 10.5. The summed E-state index contributed by atoms with van der Waals surface area (Å²) in [5.74, 6) is 1.29. The summed E-state index contributed by atoms with van der Waals surface area (Å²) in [6, 6.07) is 3.48. The van der Waals surface area contributed by atoms with Crippen LogP contribution in [0.15, 0.2) is 16.6 Å². The summed E-state index contributed by atoms with van der Waals surface area (Å²) in [6.07, 6.45) is 0. The third-order valence-corrected chi connectivity index (χ3v) is 2.98. The van der Waals surface area contributed by atoms with E-state index in [1.165, 1.54) is 0 Å². The molecule has 0 saturated carbocycles. The van der Waals surface area contributed by atoms with Crippen molar-refractivity contribution in [1.29, 1.82) is 0 Å². The molecule has 0 saturated heterocycles. The van der Waals surface area contributed by atoms with Crippen LogP contribution in [0.2, 0.25) is 0 Å². The summed E-state index contributed by atoms with van der Waals surface area (Å²) in [5, 5.41) is 0. The fourth-order valence-electron chi connectivity index (χ4n) is 1.30. The number of hydrogen-bond acceptors (Lipinski definition) is 2. The molecule has 0 aliphatic rings. The number of methoxy groups -OCH3 is 2. The Bertz CT molecular complexity index is 398. The Hall–Kier alpha value is -1.21. The minimum absolute atomic E-state index is 0.195. The molecule has 0 aromatic heterocycles. The minimum Gasteiger partial charge on any atom is -0.493 e. The molecular formula is C11H12BrNO2. The Morgan fingerprint density at radius 2 is 2.00 bits per heavy atom. The van der Waals surface area contributed by atoms with Crippen LogP contribution in [-0.4, -0.2) is 14.2 Å². The van der Waals surface area contributed by atoms with Crippen LogP contribution in [0, 0.1) is 6.57 Å². The lowest BCUT2D eigenvalue weighted by Gasteiger charge is -2.12. The highest BCUT2D eigenvalue weighted by Crippen LogP contribution is 2.40. The molecule has 0 fully saturated rings. The predicted octanol–water partition coefficient (Wildman–Crippen LogP) is 3.45. The molecule has 0 aliphatic carbocycles. The van der Waals surface area contributed by atoms with Gasteiger partial charge in [-0.3, -0.25) is 0 Å². The first-order valence-electron chi connectivity index (χ1n) is 4.42. The first-order valence-corrected chi connectivity index (χ1v) is 5.22. The molecule has 0 heterocycles. The van der Waals surface area contributed by atoms with Gasteiger partial charge in [0.15, 0.2) is 11.5 Å². The lowest BCUT2D eigenvalue weighted by molar-refractivity contribution is 0.352. The third-order valence-electron chi connectivity index (χ3n) is 2.16. The third kappa shape index (κ3) is 2.24. The second-order valence-electron chi connectivity index (χ2n) is 3.01. The summed E-state index contributed by atoms with van der Waals surface area (Å²) in [5.41, 5.74) is 0.905. The van der Waals surface area contributed by atoms with E-state index in [2.05, 4.69) is 20.8 Å². The molecule has 1 unspecified atom stereocenters. The molecule has 0 spiro atoms. The maximum atomic E-state index is 7.00. The largest absolute Gasteiger partial charge is 0.493 e. The molecule has 0 aliphatic heterocycles. The van der Waals surface area contributed by atoms with Crippen LogP contribution in [0.3, 0.4) is 0 Å². The zero-order chi connectivity index (χ0) is 11.4. The Labute approximate surface area is 98.0 Å². The van der Waals surface area contributed by atoms with E-state index < -0.39 is 0 Å². The van der Waals surface area contributed by atoms with Gasteiger partial charge >= 0.3 is 0 Å². The summed E-state index contributed by atoms with van der Waals surface area (Å²) in [4.78, 5) is 3.47. The van der Waals surface area contributed by atoms with Gasteiger partial charge in [-0.2, -0.15) is 0 Å². The van der Waals surface area contributed by atoms with E-state index in [0.29, 0.717) is 11.5 Å². The van der Waals surface area contributed by atoms with Crippen molar-refractivity contribution < 1.29 is 9.47 Å². The van der Waals surface area contributed by atoms with Gasteiger partial charge in [0.1, 0.15) is 0 Å². The molecule has 0 radical (unpaired) electrons. The van der Waals surface area contributed by atoms with Gasteiger partial charge in [-0.05, 0) is 28.1 Å². The molecule has 3 nitrogen and oxygen atoms in total. The molecular weight excluding hydrogens is 258 g/mol. The van der Waals surface area contributed by atoms with Gasteiger partial charge in [0, 0.05) is 6.92 Å². The van der Waals surface area contributed by atoms with Crippen LogP contribution in [0.4, 0.5) is 0 Å². The number of benzene rings is 1. The van der Waals surface area contributed by atoms with E-state index in [4.69, 9.17) is 16.0 Å². The second-order valence-corrected chi connectivity index (χ2v) is 3.80. The number of ether oxygens (including phenoxy) is 2. The minimum atomic E-state index is -0.195. The van der Waals surface area contributed by atoms with Gasteiger partial charge in [-0.25, -0.2) is 6.57 Å². The number of rotatable bonds is 3. The summed E-state index contributed by atoms with van der Waals surface area (Å²) in [7, 11) is 3.16. The monoisotopic (exact) mass is 269 g/mol. The van der Waals surface area contributed by atoms with Gasteiger partial charge in [0.25, 0.3) is 0 Å². The first kappa shape index (κ1) is 11.9. The van der Waals surface area contributed by atoms with Gasteiger partial charge in [0.05, 0.1) is 24.3 Å². The lowest BCUT2D eigenvalue weighted by Crippen LogP contribution is -1.96. The SMILES string of the molecule is [C-]#[N+]C(C)c1ccc(OC)c(OC)c1Br. The average molecular weight is 270 g/mol. The molecule has 4 heteroatoms. The van der Waals surface area contributed by atoms with Gasteiger partial charge in [0.2, 0.25) is 6.04 Å². The molecule has 0 amide bonds. The van der Waals surface area contributed by atoms with Crippen LogP contribution in [-0.2, 0) is 0 Å². The molecule has 0 bridgehead atoms. The van der Waals surface area contributed by atoms with E-state index >= 15 is 0 Å². The molecule has 0 N–H and O–H groups in total. The Morgan fingerprint density at radius 1 is 1.33 bits per heavy atom. The van der Waals surface area contributed by atoms with Crippen molar-refractivity contribution in [3.05, 3.63) is 33.6 Å². The molecule has 1 rings (SSSR count). The molecule has 80 valence electrons. The highest BCUT2D eigenvalue weighted by molar-refractivity contribution is 9.10. The smallest absolute Gasteiger partial charge is 0.247 e. The summed E-state index contributed by atoms with van der Waals surface area (Å²) >= 11 is 3.43. The van der Waals surface area contributed by atoms with Crippen LogP contribution in [0.5, 0.6) is 11.5 Å². The summed E-state index contributed by atoms with van der Waals surface area (Å²) in [6.45, 7) is 8.85. The van der Waals surface area contributed by atoms with Gasteiger partial charge in [-0.1, -0.05) is 0 Å². The van der Waals surface area contributed by atoms with Gasteiger partial charge in [-0.15, -0.1) is 0 Å². The fraction of sp³-hybridized carbons (Fsp3) is 0.364. The first-order chi connectivity index (χ1) is 7.15. The Balaban J connectivity index is 3.30. The van der Waals surface area contributed by atoms with Crippen LogP contribution >= 0.6 is 15.9 Å². The molecule has 1 aromatic carbocycles. The van der Waals surface area contributed by atoms with Crippen molar-refractivity contribution in [3.8, 4) is 11.5 Å². The van der Waals surface area contributed by atoms with E-state index in [-0.39, 0.29) is 6.04 Å². The van der Waals surface area contributed by atoms with Crippen molar-refractivity contribution in [2.24, 2.45) is 0 Å². The lowest BCUT2D eigenvalue weighted by atomic mass is 10.1. The normalized spacial score (nSPS) is 11.7. The number of hydrogen-bond donors (Lipinski definition) is 0. The molecule has 1 aromatic rings. The van der Waals surface area contributed by atoms with Crippen molar-refractivity contribution in [3.63, 3.8) is 0 Å². The Morgan fingerprint density at radius 3 is 2.47 bits per heavy atom. The van der Waals surface area contributed by atoms with Gasteiger partial charge < -0.3 is 14.3 Å². The standard InChI is InChI=1S/C11H12BrNO2/c1-7(13-2)8-5-6-9(14-3)11(15-4)10(8)12/h5-7H,1,3-4H3. The maximum absolute atomic E-state index is 7.00. The van der Waals surface area contributed by atoms with Crippen LogP contribution < -0.4 is 9.47 Å². The average Bonchev–Trinajstić information content (AvgIpc) is 2.27. The van der Waals surface area contributed by atoms with Crippen molar-refractivity contribution in [1.82, 2.24) is 0 Å². The summed E-state index contributed by atoms with van der Waals surface area (Å²) < 4.78 is 11.2.